The molecule has 4 heterocycles. The number of amides is 2. The van der Waals surface area contributed by atoms with Gasteiger partial charge in [0.15, 0.2) is 0 Å². The number of rotatable bonds is 3. The Bertz CT molecular complexity index is 635. The molecule has 1 spiro atoms. The lowest BCUT2D eigenvalue weighted by molar-refractivity contribution is -0.170. The highest BCUT2D eigenvalue weighted by molar-refractivity contribution is 5.92. The number of piperidine rings is 1. The predicted molar refractivity (Wildman–Crippen MR) is 89.8 cm³/mol. The van der Waals surface area contributed by atoms with Crippen molar-refractivity contribution in [1.82, 2.24) is 19.8 Å². The van der Waals surface area contributed by atoms with Gasteiger partial charge in [0.1, 0.15) is 11.3 Å². The van der Waals surface area contributed by atoms with Gasteiger partial charge in [-0.2, -0.15) is 0 Å². The molecule has 0 bridgehead atoms. The van der Waals surface area contributed by atoms with Crippen LogP contribution in [-0.4, -0.2) is 70.0 Å². The highest BCUT2D eigenvalue weighted by atomic mass is 16.5. The Hall–Kier alpha value is -2.02. The van der Waals surface area contributed by atoms with Crippen molar-refractivity contribution in [2.75, 3.05) is 32.8 Å². The van der Waals surface area contributed by atoms with Gasteiger partial charge in [-0.05, 0) is 25.7 Å². The fraction of sp³-hybridized carbons (Fsp3) is 0.667. The predicted octanol–water partition coefficient (Wildman–Crippen LogP) is 1.11. The van der Waals surface area contributed by atoms with Gasteiger partial charge in [-0.25, -0.2) is 4.98 Å². The summed E-state index contributed by atoms with van der Waals surface area (Å²) in [5, 5.41) is 0. The quantitative estimate of drug-likeness (QED) is 0.821. The Morgan fingerprint density at radius 1 is 1.32 bits per heavy atom. The standard InChI is InChI=1S/C18H24N4O3/c23-16-3-1-2-8-21(16)10-14-4-5-18(25-11-14)12-22(13-18)17(24)15-9-19-6-7-20-15/h6-7,9,14H,1-5,8,10-13H2. The van der Waals surface area contributed by atoms with Gasteiger partial charge >= 0.3 is 0 Å². The van der Waals surface area contributed by atoms with Crippen LogP contribution in [-0.2, 0) is 9.53 Å². The van der Waals surface area contributed by atoms with E-state index in [0.29, 0.717) is 37.7 Å². The fourth-order valence-electron chi connectivity index (χ4n) is 4.04. The van der Waals surface area contributed by atoms with Crippen LogP contribution in [0.5, 0.6) is 0 Å². The van der Waals surface area contributed by atoms with E-state index in [9.17, 15) is 9.59 Å². The summed E-state index contributed by atoms with van der Waals surface area (Å²) in [4.78, 5) is 36.1. The zero-order chi connectivity index (χ0) is 17.3. The van der Waals surface area contributed by atoms with Crippen molar-refractivity contribution in [2.45, 2.75) is 37.7 Å². The Morgan fingerprint density at radius 3 is 2.88 bits per heavy atom. The van der Waals surface area contributed by atoms with E-state index in [0.717, 1.165) is 38.8 Å². The van der Waals surface area contributed by atoms with E-state index in [1.807, 2.05) is 4.90 Å². The molecule has 7 nitrogen and oxygen atoms in total. The smallest absolute Gasteiger partial charge is 0.274 e. The van der Waals surface area contributed by atoms with E-state index in [1.165, 1.54) is 12.4 Å². The summed E-state index contributed by atoms with van der Waals surface area (Å²) in [5.74, 6) is 0.622. The molecule has 0 N–H and O–H groups in total. The summed E-state index contributed by atoms with van der Waals surface area (Å²) >= 11 is 0. The molecular formula is C18H24N4O3. The van der Waals surface area contributed by atoms with Crippen molar-refractivity contribution in [3.63, 3.8) is 0 Å². The fourth-order valence-corrected chi connectivity index (χ4v) is 4.04. The molecule has 7 heteroatoms. The van der Waals surface area contributed by atoms with Crippen molar-refractivity contribution >= 4 is 11.8 Å². The van der Waals surface area contributed by atoms with E-state index >= 15 is 0 Å². The lowest BCUT2D eigenvalue weighted by atomic mass is 9.82. The second-order valence-electron chi connectivity index (χ2n) is 7.45. The van der Waals surface area contributed by atoms with Gasteiger partial charge in [-0.15, -0.1) is 0 Å². The molecule has 134 valence electrons. The molecule has 1 unspecified atom stereocenters. The van der Waals surface area contributed by atoms with Gasteiger partial charge in [0.2, 0.25) is 5.91 Å². The Kier molecular flexibility index (Phi) is 4.41. The molecule has 3 fully saturated rings. The third-order valence-electron chi connectivity index (χ3n) is 5.56. The van der Waals surface area contributed by atoms with Crippen molar-refractivity contribution in [3.8, 4) is 0 Å². The number of carbonyl (C=O) groups is 2. The van der Waals surface area contributed by atoms with Crippen molar-refractivity contribution < 1.29 is 14.3 Å². The number of hydrogen-bond donors (Lipinski definition) is 0. The average molecular weight is 344 g/mol. The largest absolute Gasteiger partial charge is 0.371 e. The van der Waals surface area contributed by atoms with E-state index in [-0.39, 0.29) is 17.4 Å². The molecule has 3 saturated heterocycles. The third kappa shape index (κ3) is 3.38. The van der Waals surface area contributed by atoms with Crippen LogP contribution in [0.25, 0.3) is 0 Å². The molecule has 0 aliphatic carbocycles. The average Bonchev–Trinajstić information content (AvgIpc) is 2.63. The molecule has 0 radical (unpaired) electrons. The lowest BCUT2D eigenvalue weighted by Gasteiger charge is -2.52. The van der Waals surface area contributed by atoms with Gasteiger partial charge in [-0.1, -0.05) is 0 Å². The van der Waals surface area contributed by atoms with Crippen LogP contribution in [0.3, 0.4) is 0 Å². The van der Waals surface area contributed by atoms with Gasteiger partial charge < -0.3 is 14.5 Å². The van der Waals surface area contributed by atoms with Crippen LogP contribution in [0.1, 0.15) is 42.6 Å². The Labute approximate surface area is 147 Å². The number of nitrogens with zero attached hydrogens (tertiary/aromatic N) is 4. The van der Waals surface area contributed by atoms with Crippen molar-refractivity contribution in [3.05, 3.63) is 24.3 Å². The first-order chi connectivity index (χ1) is 12.2. The van der Waals surface area contributed by atoms with Crippen LogP contribution in [0, 0.1) is 5.92 Å². The summed E-state index contributed by atoms with van der Waals surface area (Å²) in [6, 6.07) is 0. The molecule has 1 aromatic rings. The van der Waals surface area contributed by atoms with Crippen LogP contribution in [0.15, 0.2) is 18.6 Å². The van der Waals surface area contributed by atoms with E-state index in [4.69, 9.17) is 4.74 Å². The molecule has 25 heavy (non-hydrogen) atoms. The topological polar surface area (TPSA) is 75.6 Å². The molecule has 0 saturated carbocycles. The normalized spacial score (nSPS) is 25.8. The molecule has 3 aliphatic heterocycles. The second kappa shape index (κ2) is 6.71. The molecular weight excluding hydrogens is 320 g/mol. The molecule has 1 aromatic heterocycles. The van der Waals surface area contributed by atoms with E-state index in [1.54, 1.807) is 11.1 Å². The van der Waals surface area contributed by atoms with Crippen molar-refractivity contribution in [1.29, 1.82) is 0 Å². The number of aromatic nitrogens is 2. The zero-order valence-electron chi connectivity index (χ0n) is 14.4. The first-order valence-electron chi connectivity index (χ1n) is 9.12. The maximum absolute atomic E-state index is 12.3. The molecule has 2 amide bonds. The van der Waals surface area contributed by atoms with Crippen molar-refractivity contribution in [2.24, 2.45) is 5.92 Å². The summed E-state index contributed by atoms with van der Waals surface area (Å²) in [7, 11) is 0. The van der Waals surface area contributed by atoms with Gasteiger partial charge in [0.25, 0.3) is 5.91 Å². The summed E-state index contributed by atoms with van der Waals surface area (Å²) < 4.78 is 6.14. The first kappa shape index (κ1) is 16.4. The molecule has 1 atom stereocenters. The summed E-state index contributed by atoms with van der Waals surface area (Å²) in [5.41, 5.74) is 0.190. The summed E-state index contributed by atoms with van der Waals surface area (Å²) in [6.45, 7) is 3.63. The number of hydrogen-bond acceptors (Lipinski definition) is 5. The van der Waals surface area contributed by atoms with Crippen LogP contribution >= 0.6 is 0 Å². The van der Waals surface area contributed by atoms with Crippen LogP contribution < -0.4 is 0 Å². The minimum atomic E-state index is -0.194. The number of likely N-dealkylation sites (tertiary alicyclic amines) is 2. The maximum atomic E-state index is 12.3. The maximum Gasteiger partial charge on any atom is 0.274 e. The van der Waals surface area contributed by atoms with Crippen LogP contribution in [0.4, 0.5) is 0 Å². The minimum Gasteiger partial charge on any atom is -0.371 e. The highest BCUT2D eigenvalue weighted by Crippen LogP contribution is 2.37. The SMILES string of the molecule is O=C1CCCCN1CC1CCC2(CN(C(=O)c3cnccn3)C2)OC1. The van der Waals surface area contributed by atoms with Gasteiger partial charge in [-0.3, -0.25) is 14.6 Å². The van der Waals surface area contributed by atoms with Crippen LogP contribution in [0.2, 0.25) is 0 Å². The lowest BCUT2D eigenvalue weighted by Crippen LogP contribution is -2.66. The Morgan fingerprint density at radius 2 is 2.20 bits per heavy atom. The van der Waals surface area contributed by atoms with E-state index < -0.39 is 0 Å². The minimum absolute atomic E-state index is 0.0802. The zero-order valence-corrected chi connectivity index (χ0v) is 14.4. The van der Waals surface area contributed by atoms with E-state index in [2.05, 4.69) is 9.97 Å². The molecule has 0 aromatic carbocycles. The monoisotopic (exact) mass is 344 g/mol. The highest BCUT2D eigenvalue weighted by Gasteiger charge is 2.49. The van der Waals surface area contributed by atoms with Gasteiger partial charge in [0.05, 0.1) is 25.9 Å². The summed E-state index contributed by atoms with van der Waals surface area (Å²) in [6.07, 6.45) is 9.43. The number of ether oxygens (including phenoxy) is 1. The first-order valence-corrected chi connectivity index (χ1v) is 9.12. The van der Waals surface area contributed by atoms with Gasteiger partial charge in [0, 0.05) is 37.8 Å². The molecule has 3 aliphatic rings. The number of carbonyl (C=O) groups excluding carboxylic acids is 2. The third-order valence-corrected chi connectivity index (χ3v) is 5.56. The molecule has 4 rings (SSSR count). The second-order valence-corrected chi connectivity index (χ2v) is 7.45. The Balaban J connectivity index is 1.26.